The fourth-order valence-electron chi connectivity index (χ4n) is 2.44. The first-order valence-corrected chi connectivity index (χ1v) is 8.59. The molecule has 2 aromatic carbocycles. The summed E-state index contributed by atoms with van der Waals surface area (Å²) in [6, 6.07) is 18.5. The van der Waals surface area contributed by atoms with Crippen molar-refractivity contribution >= 4 is 11.8 Å². The Bertz CT molecular complexity index is 696. The van der Waals surface area contributed by atoms with Crippen LogP contribution in [-0.2, 0) is 6.54 Å². The monoisotopic (exact) mass is 324 g/mol. The van der Waals surface area contributed by atoms with E-state index in [0.29, 0.717) is 0 Å². The summed E-state index contributed by atoms with van der Waals surface area (Å²) in [6.45, 7) is 0.888. The number of nitrogens with zero attached hydrogens (tertiary/aromatic N) is 2. The molecule has 3 rings (SSSR count). The van der Waals surface area contributed by atoms with E-state index in [2.05, 4.69) is 29.2 Å². The topological polar surface area (TPSA) is 38.0 Å². The van der Waals surface area contributed by atoms with E-state index in [4.69, 9.17) is 0 Å². The van der Waals surface area contributed by atoms with Crippen molar-refractivity contribution in [2.45, 2.75) is 35.3 Å². The van der Waals surface area contributed by atoms with Crippen LogP contribution in [0.4, 0.5) is 0 Å². The Labute approximate surface area is 141 Å². The van der Waals surface area contributed by atoms with Crippen molar-refractivity contribution < 1.29 is 5.11 Å². The van der Waals surface area contributed by atoms with Crippen LogP contribution in [0.15, 0.2) is 83.1 Å². The summed E-state index contributed by atoms with van der Waals surface area (Å²) in [5, 5.41) is 10.3. The van der Waals surface area contributed by atoms with Crippen molar-refractivity contribution in [3.63, 3.8) is 0 Å². The number of hydrogen-bond donors (Lipinski definition) is 1. The van der Waals surface area contributed by atoms with Crippen LogP contribution in [0.1, 0.15) is 24.5 Å². The van der Waals surface area contributed by atoms with Crippen molar-refractivity contribution in [2.24, 2.45) is 0 Å². The predicted molar refractivity (Wildman–Crippen MR) is 93.4 cm³/mol. The number of benzene rings is 2. The molecule has 0 radical (unpaired) electrons. The van der Waals surface area contributed by atoms with Crippen molar-refractivity contribution in [2.75, 3.05) is 0 Å². The van der Waals surface area contributed by atoms with Crippen molar-refractivity contribution in [3.05, 3.63) is 78.9 Å². The summed E-state index contributed by atoms with van der Waals surface area (Å²) < 4.78 is 2.03. The van der Waals surface area contributed by atoms with E-state index in [0.717, 1.165) is 24.9 Å². The van der Waals surface area contributed by atoms with Gasteiger partial charge in [0.2, 0.25) is 0 Å². The number of imidazole rings is 1. The van der Waals surface area contributed by atoms with E-state index in [9.17, 15) is 5.11 Å². The molecule has 0 spiro atoms. The molecule has 0 amide bonds. The molecule has 0 bridgehead atoms. The smallest absolute Gasteiger partial charge is 0.0945 e. The molecule has 3 nitrogen and oxygen atoms in total. The third-order valence-electron chi connectivity index (χ3n) is 3.70. The Balaban J connectivity index is 1.51. The Hall–Kier alpha value is -2.04. The van der Waals surface area contributed by atoms with Crippen LogP contribution in [-0.4, -0.2) is 14.7 Å². The second-order valence-electron chi connectivity index (χ2n) is 5.44. The summed E-state index contributed by atoms with van der Waals surface area (Å²) in [5.74, 6) is 0. The van der Waals surface area contributed by atoms with Gasteiger partial charge in [-0.3, -0.25) is 0 Å². The highest BCUT2D eigenvalue weighted by Gasteiger charge is 2.07. The van der Waals surface area contributed by atoms with Crippen molar-refractivity contribution in [3.8, 4) is 0 Å². The van der Waals surface area contributed by atoms with Gasteiger partial charge < -0.3 is 9.67 Å². The summed E-state index contributed by atoms with van der Waals surface area (Å²) in [7, 11) is 0. The molecule has 0 aliphatic heterocycles. The lowest BCUT2D eigenvalue weighted by molar-refractivity contribution is 0.162. The highest BCUT2D eigenvalue weighted by atomic mass is 32.2. The predicted octanol–water partition coefficient (Wildman–Crippen LogP) is 4.55. The SMILES string of the molecule is OC(CCCn1ccnc1)c1ccc(Sc2ccccc2)cc1. The largest absolute Gasteiger partial charge is 0.388 e. The zero-order valence-electron chi connectivity index (χ0n) is 12.9. The van der Waals surface area contributed by atoms with Gasteiger partial charge in [0.25, 0.3) is 0 Å². The first-order valence-electron chi connectivity index (χ1n) is 7.78. The van der Waals surface area contributed by atoms with Crippen molar-refractivity contribution in [1.29, 1.82) is 0 Å². The molecule has 118 valence electrons. The molecule has 0 saturated carbocycles. The third kappa shape index (κ3) is 4.71. The van der Waals surface area contributed by atoms with Gasteiger partial charge >= 0.3 is 0 Å². The number of aryl methyl sites for hydroxylation is 1. The van der Waals surface area contributed by atoms with Gasteiger partial charge in [-0.15, -0.1) is 0 Å². The maximum Gasteiger partial charge on any atom is 0.0945 e. The number of hydrogen-bond acceptors (Lipinski definition) is 3. The summed E-state index contributed by atoms with van der Waals surface area (Å²) >= 11 is 1.73. The maximum atomic E-state index is 10.3. The molecular weight excluding hydrogens is 304 g/mol. The molecule has 1 atom stereocenters. The zero-order valence-corrected chi connectivity index (χ0v) is 13.7. The van der Waals surface area contributed by atoms with Gasteiger partial charge in [-0.05, 0) is 42.7 Å². The first-order chi connectivity index (χ1) is 11.3. The fourth-order valence-corrected chi connectivity index (χ4v) is 3.27. The molecule has 1 aromatic heterocycles. The molecule has 0 saturated heterocycles. The number of aromatic nitrogens is 2. The molecule has 3 aromatic rings. The Morgan fingerprint density at radius 2 is 1.74 bits per heavy atom. The lowest BCUT2D eigenvalue weighted by atomic mass is 10.1. The van der Waals surface area contributed by atoms with Gasteiger partial charge in [0.05, 0.1) is 12.4 Å². The van der Waals surface area contributed by atoms with Crippen LogP contribution >= 0.6 is 11.8 Å². The normalized spacial score (nSPS) is 12.2. The van der Waals surface area contributed by atoms with Crippen LogP contribution in [0.2, 0.25) is 0 Å². The standard InChI is InChI=1S/C19H20N2OS/c22-19(7-4-13-21-14-12-20-15-21)16-8-10-18(11-9-16)23-17-5-2-1-3-6-17/h1-3,5-6,8-12,14-15,19,22H,4,7,13H2. The summed E-state index contributed by atoms with van der Waals surface area (Å²) in [4.78, 5) is 6.43. The second kappa shape index (κ2) is 7.99. The van der Waals surface area contributed by atoms with Gasteiger partial charge in [-0.25, -0.2) is 4.98 Å². The second-order valence-corrected chi connectivity index (χ2v) is 6.59. The van der Waals surface area contributed by atoms with E-state index in [1.54, 1.807) is 18.0 Å². The minimum Gasteiger partial charge on any atom is -0.388 e. The van der Waals surface area contributed by atoms with Crippen LogP contribution in [0, 0.1) is 0 Å². The van der Waals surface area contributed by atoms with Crippen LogP contribution in [0.5, 0.6) is 0 Å². The number of aliphatic hydroxyl groups is 1. The molecule has 23 heavy (non-hydrogen) atoms. The lowest BCUT2D eigenvalue weighted by Crippen LogP contribution is -2.01. The highest BCUT2D eigenvalue weighted by molar-refractivity contribution is 7.99. The number of aliphatic hydroxyl groups excluding tert-OH is 1. The molecule has 4 heteroatoms. The Morgan fingerprint density at radius 3 is 2.43 bits per heavy atom. The Morgan fingerprint density at radius 1 is 1.00 bits per heavy atom. The molecule has 0 fully saturated rings. The summed E-state index contributed by atoms with van der Waals surface area (Å²) in [5.41, 5.74) is 0.980. The minimum atomic E-state index is -0.408. The fraction of sp³-hybridized carbons (Fsp3) is 0.211. The van der Waals surface area contributed by atoms with E-state index in [1.807, 2.05) is 47.4 Å². The number of rotatable bonds is 7. The van der Waals surface area contributed by atoms with Crippen LogP contribution in [0.3, 0.4) is 0 Å². The van der Waals surface area contributed by atoms with Crippen LogP contribution < -0.4 is 0 Å². The van der Waals surface area contributed by atoms with E-state index < -0.39 is 6.10 Å². The molecule has 1 N–H and O–H groups in total. The molecule has 1 unspecified atom stereocenters. The van der Waals surface area contributed by atoms with Gasteiger partial charge in [0.15, 0.2) is 0 Å². The van der Waals surface area contributed by atoms with Crippen LogP contribution in [0.25, 0.3) is 0 Å². The quantitative estimate of drug-likeness (QED) is 0.693. The highest BCUT2D eigenvalue weighted by Crippen LogP contribution is 2.29. The van der Waals surface area contributed by atoms with E-state index >= 15 is 0 Å². The lowest BCUT2D eigenvalue weighted by Gasteiger charge is -2.12. The minimum absolute atomic E-state index is 0.408. The summed E-state index contributed by atoms with van der Waals surface area (Å²) in [6.07, 6.45) is 6.81. The van der Waals surface area contributed by atoms with Crippen molar-refractivity contribution in [1.82, 2.24) is 9.55 Å². The average Bonchev–Trinajstić information content (AvgIpc) is 3.10. The van der Waals surface area contributed by atoms with Gasteiger partial charge in [0.1, 0.15) is 0 Å². The molecule has 1 heterocycles. The molecule has 0 aliphatic carbocycles. The third-order valence-corrected chi connectivity index (χ3v) is 4.71. The maximum absolute atomic E-state index is 10.3. The van der Waals surface area contributed by atoms with Gasteiger partial charge in [0, 0.05) is 28.7 Å². The molecule has 0 aliphatic rings. The zero-order chi connectivity index (χ0) is 15.9. The Kier molecular flexibility index (Phi) is 5.51. The molecular formula is C19H20N2OS. The van der Waals surface area contributed by atoms with Gasteiger partial charge in [-0.2, -0.15) is 0 Å². The van der Waals surface area contributed by atoms with Gasteiger partial charge in [-0.1, -0.05) is 42.1 Å². The first kappa shape index (κ1) is 15.8. The van der Waals surface area contributed by atoms with E-state index in [1.165, 1.54) is 9.79 Å². The average molecular weight is 324 g/mol. The van der Waals surface area contributed by atoms with E-state index in [-0.39, 0.29) is 0 Å².